The summed E-state index contributed by atoms with van der Waals surface area (Å²) >= 11 is 10.1. The van der Waals surface area contributed by atoms with Gasteiger partial charge in [-0.1, -0.05) is 15.9 Å². The van der Waals surface area contributed by atoms with Gasteiger partial charge in [0.2, 0.25) is 0 Å². The Kier molecular flexibility index (Phi) is 5.23. The molecule has 2 aromatic carbocycles. The van der Waals surface area contributed by atoms with E-state index in [1.807, 2.05) is 12.1 Å². The number of benzene rings is 2. The molecule has 0 unspecified atom stereocenters. The SMILES string of the molecule is COc1ccc(NC(=O)c2ccc(Br)cc2Br)cc1Br. The Bertz CT molecular complexity index is 659. The monoisotopic (exact) mass is 461 g/mol. The van der Waals surface area contributed by atoms with Gasteiger partial charge in [-0.25, -0.2) is 0 Å². The van der Waals surface area contributed by atoms with Gasteiger partial charge in [-0.2, -0.15) is 0 Å². The normalized spacial score (nSPS) is 10.2. The van der Waals surface area contributed by atoms with Crippen LogP contribution in [0.15, 0.2) is 49.8 Å². The molecule has 20 heavy (non-hydrogen) atoms. The van der Waals surface area contributed by atoms with Gasteiger partial charge in [0.25, 0.3) is 5.91 Å². The summed E-state index contributed by atoms with van der Waals surface area (Å²) in [7, 11) is 1.59. The zero-order valence-electron chi connectivity index (χ0n) is 10.4. The van der Waals surface area contributed by atoms with Gasteiger partial charge in [0, 0.05) is 14.6 Å². The summed E-state index contributed by atoms with van der Waals surface area (Å²) < 4.78 is 7.58. The van der Waals surface area contributed by atoms with Crippen LogP contribution in [0.1, 0.15) is 10.4 Å². The zero-order chi connectivity index (χ0) is 14.7. The zero-order valence-corrected chi connectivity index (χ0v) is 15.2. The highest BCUT2D eigenvalue weighted by atomic mass is 79.9. The van der Waals surface area contributed by atoms with Crippen LogP contribution in [-0.2, 0) is 0 Å². The number of hydrogen-bond acceptors (Lipinski definition) is 2. The van der Waals surface area contributed by atoms with Crippen molar-refractivity contribution < 1.29 is 9.53 Å². The maximum absolute atomic E-state index is 12.2. The highest BCUT2D eigenvalue weighted by Gasteiger charge is 2.11. The molecule has 6 heteroatoms. The van der Waals surface area contributed by atoms with Crippen LogP contribution in [-0.4, -0.2) is 13.0 Å². The van der Waals surface area contributed by atoms with E-state index in [9.17, 15) is 4.79 Å². The molecule has 0 aromatic heterocycles. The van der Waals surface area contributed by atoms with E-state index < -0.39 is 0 Å². The van der Waals surface area contributed by atoms with Gasteiger partial charge in [-0.15, -0.1) is 0 Å². The van der Waals surface area contributed by atoms with Crippen LogP contribution in [0.25, 0.3) is 0 Å². The standard InChI is InChI=1S/C14H10Br3NO2/c1-20-13-5-3-9(7-12(13)17)18-14(19)10-4-2-8(15)6-11(10)16/h2-7H,1H3,(H,18,19). The number of carbonyl (C=O) groups is 1. The summed E-state index contributed by atoms with van der Waals surface area (Å²) in [5.74, 6) is 0.536. The lowest BCUT2D eigenvalue weighted by Gasteiger charge is -2.09. The van der Waals surface area contributed by atoms with Gasteiger partial charge in [-0.3, -0.25) is 4.79 Å². The number of nitrogens with one attached hydrogen (secondary N) is 1. The predicted molar refractivity (Wildman–Crippen MR) is 90.5 cm³/mol. The molecule has 0 bridgehead atoms. The van der Waals surface area contributed by atoms with E-state index in [1.54, 1.807) is 31.4 Å². The number of amides is 1. The molecule has 0 radical (unpaired) electrons. The first-order chi connectivity index (χ1) is 9.51. The molecule has 104 valence electrons. The Balaban J connectivity index is 2.21. The van der Waals surface area contributed by atoms with Crippen LogP contribution in [0, 0.1) is 0 Å². The molecule has 0 heterocycles. The van der Waals surface area contributed by atoms with Crippen LogP contribution < -0.4 is 10.1 Å². The molecule has 0 atom stereocenters. The fourth-order valence-electron chi connectivity index (χ4n) is 1.62. The smallest absolute Gasteiger partial charge is 0.256 e. The van der Waals surface area contributed by atoms with Crippen LogP contribution in [0.2, 0.25) is 0 Å². The van der Waals surface area contributed by atoms with Crippen LogP contribution >= 0.6 is 47.8 Å². The van der Waals surface area contributed by atoms with Crippen molar-refractivity contribution in [2.24, 2.45) is 0 Å². The van der Waals surface area contributed by atoms with E-state index in [0.717, 1.165) is 13.4 Å². The number of ether oxygens (including phenoxy) is 1. The van der Waals surface area contributed by atoms with Crippen molar-refractivity contribution in [1.29, 1.82) is 0 Å². The fraction of sp³-hybridized carbons (Fsp3) is 0.0714. The fourth-order valence-corrected chi connectivity index (χ4v) is 3.38. The van der Waals surface area contributed by atoms with Crippen LogP contribution in [0.3, 0.4) is 0 Å². The van der Waals surface area contributed by atoms with E-state index in [4.69, 9.17) is 4.74 Å². The largest absolute Gasteiger partial charge is 0.496 e. The number of hydrogen-bond donors (Lipinski definition) is 1. The van der Waals surface area contributed by atoms with Crippen molar-refractivity contribution in [2.45, 2.75) is 0 Å². The first-order valence-electron chi connectivity index (χ1n) is 5.61. The maximum Gasteiger partial charge on any atom is 0.256 e. The van der Waals surface area contributed by atoms with Crippen molar-refractivity contribution in [3.63, 3.8) is 0 Å². The Morgan fingerprint density at radius 1 is 1.05 bits per heavy atom. The van der Waals surface area contributed by atoms with Crippen molar-refractivity contribution in [2.75, 3.05) is 12.4 Å². The number of carbonyl (C=O) groups excluding carboxylic acids is 1. The number of anilines is 1. The van der Waals surface area contributed by atoms with Crippen molar-refractivity contribution in [3.8, 4) is 5.75 Å². The minimum Gasteiger partial charge on any atom is -0.496 e. The molecule has 0 saturated carbocycles. The van der Waals surface area contributed by atoms with Crippen molar-refractivity contribution in [3.05, 3.63) is 55.4 Å². The molecule has 3 nitrogen and oxygen atoms in total. The second kappa shape index (κ2) is 6.74. The molecule has 0 spiro atoms. The first-order valence-corrected chi connectivity index (χ1v) is 7.99. The molecule has 2 rings (SSSR count). The number of halogens is 3. The van der Waals surface area contributed by atoms with E-state index in [1.165, 1.54) is 0 Å². The third-order valence-electron chi connectivity index (χ3n) is 2.59. The predicted octanol–water partition coefficient (Wildman–Crippen LogP) is 5.24. The summed E-state index contributed by atoms with van der Waals surface area (Å²) in [5, 5.41) is 2.84. The molecule has 0 aliphatic rings. The van der Waals surface area contributed by atoms with Gasteiger partial charge in [0.05, 0.1) is 17.1 Å². The molecule has 1 amide bonds. The Morgan fingerprint density at radius 3 is 2.40 bits per heavy atom. The lowest BCUT2D eigenvalue weighted by molar-refractivity contribution is 0.102. The first kappa shape index (κ1) is 15.5. The topological polar surface area (TPSA) is 38.3 Å². The Morgan fingerprint density at radius 2 is 1.80 bits per heavy atom. The van der Waals surface area contributed by atoms with E-state index >= 15 is 0 Å². The minimum absolute atomic E-state index is 0.179. The molecule has 2 aromatic rings. The average molecular weight is 464 g/mol. The highest BCUT2D eigenvalue weighted by Crippen LogP contribution is 2.28. The Hall–Kier alpha value is -0.850. The third-order valence-corrected chi connectivity index (χ3v) is 4.35. The maximum atomic E-state index is 12.2. The molecular weight excluding hydrogens is 454 g/mol. The van der Waals surface area contributed by atoms with Crippen molar-refractivity contribution in [1.82, 2.24) is 0 Å². The Labute approximate surface area is 142 Å². The molecular formula is C14H10Br3NO2. The summed E-state index contributed by atoms with van der Waals surface area (Å²) in [6, 6.07) is 10.8. The third kappa shape index (κ3) is 3.62. The lowest BCUT2D eigenvalue weighted by Crippen LogP contribution is -2.12. The van der Waals surface area contributed by atoms with Gasteiger partial charge in [0.15, 0.2) is 0 Å². The lowest BCUT2D eigenvalue weighted by atomic mass is 10.2. The van der Waals surface area contributed by atoms with E-state index in [2.05, 4.69) is 53.1 Å². The highest BCUT2D eigenvalue weighted by molar-refractivity contribution is 9.11. The summed E-state index contributed by atoms with van der Waals surface area (Å²) in [6.45, 7) is 0. The number of rotatable bonds is 3. The van der Waals surface area contributed by atoms with Crippen LogP contribution in [0.4, 0.5) is 5.69 Å². The molecule has 0 saturated heterocycles. The van der Waals surface area contributed by atoms with E-state index in [-0.39, 0.29) is 5.91 Å². The molecule has 0 aliphatic carbocycles. The molecule has 0 aliphatic heterocycles. The number of methoxy groups -OCH3 is 1. The quantitative estimate of drug-likeness (QED) is 0.676. The minimum atomic E-state index is -0.179. The van der Waals surface area contributed by atoms with Gasteiger partial charge < -0.3 is 10.1 Å². The molecule has 1 N–H and O–H groups in total. The second-order valence-electron chi connectivity index (χ2n) is 3.93. The summed E-state index contributed by atoms with van der Waals surface area (Å²) in [6.07, 6.45) is 0. The van der Waals surface area contributed by atoms with Gasteiger partial charge in [0.1, 0.15) is 5.75 Å². The van der Waals surface area contributed by atoms with Gasteiger partial charge >= 0.3 is 0 Å². The van der Waals surface area contributed by atoms with E-state index in [0.29, 0.717) is 17.0 Å². The van der Waals surface area contributed by atoms with Crippen LogP contribution in [0.5, 0.6) is 5.75 Å². The van der Waals surface area contributed by atoms with Gasteiger partial charge in [-0.05, 0) is 68.3 Å². The average Bonchev–Trinajstić information content (AvgIpc) is 2.38. The van der Waals surface area contributed by atoms with Crippen molar-refractivity contribution >= 4 is 59.4 Å². The molecule has 0 fully saturated rings. The second-order valence-corrected chi connectivity index (χ2v) is 6.55. The summed E-state index contributed by atoms with van der Waals surface area (Å²) in [5.41, 5.74) is 1.26. The summed E-state index contributed by atoms with van der Waals surface area (Å²) in [4.78, 5) is 12.2.